The van der Waals surface area contributed by atoms with E-state index in [-0.39, 0.29) is 0 Å². The number of ether oxygens (including phenoxy) is 1. The maximum absolute atomic E-state index is 5.06. The molecule has 0 heterocycles. The third kappa shape index (κ3) is 3.31. The largest absolute Gasteiger partial charge is 0.383 e. The first kappa shape index (κ1) is 11.5. The highest BCUT2D eigenvalue weighted by atomic mass is 79.9. The Labute approximate surface area is 93.8 Å². The maximum atomic E-state index is 5.06. The second kappa shape index (κ2) is 5.37. The molecule has 0 saturated heterocycles. The lowest BCUT2D eigenvalue weighted by molar-refractivity contribution is 0.190. The zero-order valence-electron chi connectivity index (χ0n) is 8.80. The third-order valence-electron chi connectivity index (χ3n) is 2.00. The Morgan fingerprint density at radius 1 is 1.50 bits per heavy atom. The molecule has 1 N–H and O–H groups in total. The first-order chi connectivity index (χ1) is 6.63. The van der Waals surface area contributed by atoms with Crippen LogP contribution in [0.15, 0.2) is 22.7 Å². The van der Waals surface area contributed by atoms with E-state index in [0.717, 1.165) is 10.2 Å². The van der Waals surface area contributed by atoms with E-state index in [2.05, 4.69) is 53.3 Å². The molecule has 1 rings (SSSR count). The van der Waals surface area contributed by atoms with Gasteiger partial charge in [-0.15, -0.1) is 0 Å². The summed E-state index contributed by atoms with van der Waals surface area (Å²) in [5.74, 6) is 0. The number of anilines is 1. The predicted octanol–water partition coefficient (Wildman–Crippen LogP) is 3.20. The molecule has 0 amide bonds. The fourth-order valence-corrected chi connectivity index (χ4v) is 1.64. The number of rotatable bonds is 4. The Balaban J connectivity index is 2.63. The molecule has 14 heavy (non-hydrogen) atoms. The van der Waals surface area contributed by atoms with Crippen molar-refractivity contribution in [2.75, 3.05) is 19.0 Å². The van der Waals surface area contributed by atoms with Crippen molar-refractivity contribution in [3.05, 3.63) is 28.2 Å². The minimum atomic E-state index is 0.328. The van der Waals surface area contributed by atoms with E-state index < -0.39 is 0 Å². The van der Waals surface area contributed by atoms with Crippen LogP contribution < -0.4 is 5.32 Å². The molecule has 0 fully saturated rings. The molecule has 2 nitrogen and oxygen atoms in total. The summed E-state index contributed by atoms with van der Waals surface area (Å²) in [5, 5.41) is 3.36. The van der Waals surface area contributed by atoms with Gasteiger partial charge in [0.1, 0.15) is 0 Å². The molecule has 78 valence electrons. The predicted molar refractivity (Wildman–Crippen MR) is 63.8 cm³/mol. The van der Waals surface area contributed by atoms with Crippen LogP contribution in [0, 0.1) is 6.92 Å². The SMILES string of the molecule is COCC(C)Nc1ccc(C)c(Br)c1. The smallest absolute Gasteiger partial charge is 0.0661 e. The van der Waals surface area contributed by atoms with E-state index in [1.165, 1.54) is 5.56 Å². The minimum Gasteiger partial charge on any atom is -0.383 e. The van der Waals surface area contributed by atoms with Gasteiger partial charge in [-0.2, -0.15) is 0 Å². The lowest BCUT2D eigenvalue weighted by atomic mass is 10.2. The van der Waals surface area contributed by atoms with Gasteiger partial charge in [0.05, 0.1) is 6.61 Å². The van der Waals surface area contributed by atoms with Crippen molar-refractivity contribution in [2.45, 2.75) is 19.9 Å². The summed E-state index contributed by atoms with van der Waals surface area (Å²) < 4.78 is 6.19. The Kier molecular flexibility index (Phi) is 4.42. The highest BCUT2D eigenvalue weighted by molar-refractivity contribution is 9.10. The van der Waals surface area contributed by atoms with Gasteiger partial charge >= 0.3 is 0 Å². The highest BCUT2D eigenvalue weighted by Gasteiger charge is 2.02. The van der Waals surface area contributed by atoms with Crippen LogP contribution in [0.5, 0.6) is 0 Å². The van der Waals surface area contributed by atoms with Crippen LogP contribution in [0.4, 0.5) is 5.69 Å². The van der Waals surface area contributed by atoms with Crippen LogP contribution in [0.3, 0.4) is 0 Å². The highest BCUT2D eigenvalue weighted by Crippen LogP contribution is 2.20. The van der Waals surface area contributed by atoms with Crippen molar-refractivity contribution in [2.24, 2.45) is 0 Å². The van der Waals surface area contributed by atoms with Crippen molar-refractivity contribution in [1.29, 1.82) is 0 Å². The van der Waals surface area contributed by atoms with Crippen molar-refractivity contribution >= 4 is 21.6 Å². The fourth-order valence-electron chi connectivity index (χ4n) is 1.26. The molecule has 1 atom stereocenters. The van der Waals surface area contributed by atoms with Gasteiger partial charge in [-0.05, 0) is 31.5 Å². The van der Waals surface area contributed by atoms with Crippen LogP contribution in [0.1, 0.15) is 12.5 Å². The number of hydrogen-bond acceptors (Lipinski definition) is 2. The molecule has 0 spiro atoms. The van der Waals surface area contributed by atoms with Crippen LogP contribution in [0.25, 0.3) is 0 Å². The van der Waals surface area contributed by atoms with Crippen molar-refractivity contribution in [3.8, 4) is 0 Å². The van der Waals surface area contributed by atoms with Gasteiger partial charge < -0.3 is 10.1 Å². The number of halogens is 1. The number of methoxy groups -OCH3 is 1. The molecule has 1 aromatic rings. The summed E-state index contributed by atoms with van der Waals surface area (Å²) >= 11 is 3.50. The number of nitrogens with one attached hydrogen (secondary N) is 1. The summed E-state index contributed by atoms with van der Waals surface area (Å²) in [5.41, 5.74) is 2.36. The van der Waals surface area contributed by atoms with Gasteiger partial charge in [-0.1, -0.05) is 22.0 Å². The monoisotopic (exact) mass is 257 g/mol. The summed E-state index contributed by atoms with van der Waals surface area (Å²) in [7, 11) is 1.71. The molecule has 0 aliphatic heterocycles. The molecule has 0 aromatic heterocycles. The Hall–Kier alpha value is -0.540. The van der Waals surface area contributed by atoms with Crippen LogP contribution in [0.2, 0.25) is 0 Å². The van der Waals surface area contributed by atoms with Gasteiger partial charge in [0.15, 0.2) is 0 Å². The topological polar surface area (TPSA) is 21.3 Å². The van der Waals surface area contributed by atoms with Gasteiger partial charge in [0.25, 0.3) is 0 Å². The minimum absolute atomic E-state index is 0.328. The molecule has 0 radical (unpaired) electrons. The second-order valence-electron chi connectivity index (χ2n) is 3.46. The van der Waals surface area contributed by atoms with Crippen molar-refractivity contribution < 1.29 is 4.74 Å². The van der Waals surface area contributed by atoms with E-state index in [1.807, 2.05) is 0 Å². The normalized spacial score (nSPS) is 12.6. The summed E-state index contributed by atoms with van der Waals surface area (Å²) in [4.78, 5) is 0. The molecule has 0 bridgehead atoms. The Bertz CT molecular complexity index is 301. The number of hydrogen-bond donors (Lipinski definition) is 1. The van der Waals surface area contributed by atoms with Gasteiger partial charge in [-0.3, -0.25) is 0 Å². The zero-order valence-corrected chi connectivity index (χ0v) is 10.4. The van der Waals surface area contributed by atoms with Crippen LogP contribution in [-0.2, 0) is 4.74 Å². The first-order valence-corrected chi connectivity index (χ1v) is 5.44. The van der Waals surface area contributed by atoms with Crippen molar-refractivity contribution in [1.82, 2.24) is 0 Å². The molecular weight excluding hydrogens is 242 g/mol. The van der Waals surface area contributed by atoms with Gasteiger partial charge in [0.2, 0.25) is 0 Å². The van der Waals surface area contributed by atoms with E-state index >= 15 is 0 Å². The van der Waals surface area contributed by atoms with Crippen LogP contribution >= 0.6 is 15.9 Å². The van der Waals surface area contributed by atoms with E-state index in [0.29, 0.717) is 12.6 Å². The lowest BCUT2D eigenvalue weighted by Crippen LogP contribution is -2.20. The Morgan fingerprint density at radius 3 is 2.79 bits per heavy atom. The molecule has 0 saturated carbocycles. The van der Waals surface area contributed by atoms with E-state index in [4.69, 9.17) is 4.74 Å². The molecule has 3 heteroatoms. The first-order valence-electron chi connectivity index (χ1n) is 4.65. The summed E-state index contributed by atoms with van der Waals surface area (Å²) in [6.07, 6.45) is 0. The molecule has 0 aliphatic rings. The number of benzene rings is 1. The third-order valence-corrected chi connectivity index (χ3v) is 2.86. The average Bonchev–Trinajstić information content (AvgIpc) is 2.12. The standard InChI is InChI=1S/C11H16BrNO/c1-8-4-5-10(6-11(8)12)13-9(2)7-14-3/h4-6,9,13H,7H2,1-3H3. The number of aryl methyl sites for hydroxylation is 1. The van der Waals surface area contributed by atoms with Crippen LogP contribution in [-0.4, -0.2) is 19.8 Å². The molecule has 1 aromatic carbocycles. The lowest BCUT2D eigenvalue weighted by Gasteiger charge is -2.14. The quantitative estimate of drug-likeness (QED) is 0.895. The summed E-state index contributed by atoms with van der Waals surface area (Å²) in [6.45, 7) is 4.88. The zero-order chi connectivity index (χ0) is 10.6. The van der Waals surface area contributed by atoms with Gasteiger partial charge in [-0.25, -0.2) is 0 Å². The van der Waals surface area contributed by atoms with Gasteiger partial charge in [0, 0.05) is 23.3 Å². The second-order valence-corrected chi connectivity index (χ2v) is 4.32. The molecule has 1 unspecified atom stereocenters. The fraction of sp³-hybridized carbons (Fsp3) is 0.455. The van der Waals surface area contributed by atoms with E-state index in [9.17, 15) is 0 Å². The molecule has 0 aliphatic carbocycles. The summed E-state index contributed by atoms with van der Waals surface area (Å²) in [6, 6.07) is 6.58. The molecular formula is C11H16BrNO. The maximum Gasteiger partial charge on any atom is 0.0661 e. The van der Waals surface area contributed by atoms with E-state index in [1.54, 1.807) is 7.11 Å². The Morgan fingerprint density at radius 2 is 2.21 bits per heavy atom. The van der Waals surface area contributed by atoms with Crippen molar-refractivity contribution in [3.63, 3.8) is 0 Å². The average molecular weight is 258 g/mol.